The van der Waals surface area contributed by atoms with Crippen molar-refractivity contribution >= 4 is 11.5 Å². The van der Waals surface area contributed by atoms with Gasteiger partial charge in [0.2, 0.25) is 0 Å². The number of Topliss-reactive ketones (excluding diaryl/α,β-unsaturated/α-hetero) is 1. The molecule has 2 atom stereocenters. The fourth-order valence-electron chi connectivity index (χ4n) is 2.39. The molecule has 2 N–H and O–H groups in total. The van der Waals surface area contributed by atoms with E-state index in [1.54, 1.807) is 0 Å². The first kappa shape index (κ1) is 7.77. The van der Waals surface area contributed by atoms with Crippen molar-refractivity contribution in [3.8, 4) is 0 Å². The van der Waals surface area contributed by atoms with E-state index in [0.717, 1.165) is 37.8 Å². The van der Waals surface area contributed by atoms with Gasteiger partial charge in [-0.2, -0.15) is 5.10 Å². The van der Waals surface area contributed by atoms with Gasteiger partial charge in [0.25, 0.3) is 0 Å². The number of nitrogens with zero attached hydrogens (tertiary/aromatic N) is 1. The maximum atomic E-state index is 11.3. The minimum atomic E-state index is 0.328. The Balaban J connectivity index is 2.14. The summed E-state index contributed by atoms with van der Waals surface area (Å²) in [5, 5.41) is 3.80. The van der Waals surface area contributed by atoms with Crippen LogP contribution in [0.4, 0.5) is 0 Å². The van der Waals surface area contributed by atoms with Crippen LogP contribution >= 0.6 is 0 Å². The number of hydrazone groups is 1. The molecule has 0 saturated heterocycles. The first-order valence-electron chi connectivity index (χ1n) is 4.60. The molecule has 0 aliphatic heterocycles. The van der Waals surface area contributed by atoms with Gasteiger partial charge in [0.1, 0.15) is 5.78 Å². The molecule has 3 heteroatoms. The molecule has 0 aromatic heterocycles. The zero-order valence-corrected chi connectivity index (χ0v) is 7.12. The summed E-state index contributed by atoms with van der Waals surface area (Å²) >= 11 is 0. The highest BCUT2D eigenvalue weighted by Crippen LogP contribution is 2.36. The van der Waals surface area contributed by atoms with Crippen molar-refractivity contribution in [1.29, 1.82) is 0 Å². The Morgan fingerprint density at radius 3 is 2.75 bits per heavy atom. The van der Waals surface area contributed by atoms with Crippen LogP contribution in [0.5, 0.6) is 0 Å². The molecule has 2 aliphatic rings. The number of nitrogens with two attached hydrogens (primary N) is 1. The maximum Gasteiger partial charge on any atom is 0.136 e. The highest BCUT2D eigenvalue weighted by molar-refractivity contribution is 5.92. The van der Waals surface area contributed by atoms with Gasteiger partial charge in [0.15, 0.2) is 0 Å². The third kappa shape index (κ3) is 1.13. The molecular formula is C9H14N2O. The molecule has 2 aliphatic carbocycles. The average molecular weight is 166 g/mol. The quantitative estimate of drug-likeness (QED) is 0.432. The molecule has 12 heavy (non-hydrogen) atoms. The van der Waals surface area contributed by atoms with E-state index in [0.29, 0.717) is 17.6 Å². The van der Waals surface area contributed by atoms with Crippen LogP contribution in [0.3, 0.4) is 0 Å². The van der Waals surface area contributed by atoms with E-state index in [2.05, 4.69) is 5.10 Å². The highest BCUT2D eigenvalue weighted by atomic mass is 16.1. The van der Waals surface area contributed by atoms with Crippen molar-refractivity contribution in [3.05, 3.63) is 0 Å². The number of rotatable bonds is 0. The molecule has 2 bridgehead atoms. The van der Waals surface area contributed by atoms with E-state index in [1.165, 1.54) is 0 Å². The summed E-state index contributed by atoms with van der Waals surface area (Å²) in [7, 11) is 0. The van der Waals surface area contributed by atoms with Gasteiger partial charge in [-0.15, -0.1) is 0 Å². The second-order valence-corrected chi connectivity index (χ2v) is 3.79. The highest BCUT2D eigenvalue weighted by Gasteiger charge is 2.35. The summed E-state index contributed by atoms with van der Waals surface area (Å²) in [5.74, 6) is 6.58. The minimum Gasteiger partial charge on any atom is -0.323 e. The third-order valence-corrected chi connectivity index (χ3v) is 3.15. The molecule has 0 amide bonds. The first-order chi connectivity index (χ1) is 5.81. The van der Waals surface area contributed by atoms with E-state index in [4.69, 9.17) is 5.84 Å². The van der Waals surface area contributed by atoms with Crippen LogP contribution < -0.4 is 5.84 Å². The van der Waals surface area contributed by atoms with Crippen LogP contribution in [0.25, 0.3) is 0 Å². The largest absolute Gasteiger partial charge is 0.323 e. The topological polar surface area (TPSA) is 55.4 Å². The molecule has 66 valence electrons. The Labute approximate surface area is 72.0 Å². The molecule has 2 rings (SSSR count). The van der Waals surface area contributed by atoms with Crippen LogP contribution in [-0.4, -0.2) is 11.5 Å². The van der Waals surface area contributed by atoms with Gasteiger partial charge in [-0.3, -0.25) is 4.79 Å². The SMILES string of the molecule is NN=C1CCC2CC1CCC2=O. The second-order valence-electron chi connectivity index (χ2n) is 3.79. The second kappa shape index (κ2) is 2.88. The molecule has 3 nitrogen and oxygen atoms in total. The summed E-state index contributed by atoms with van der Waals surface area (Å²) < 4.78 is 0. The lowest BCUT2D eigenvalue weighted by atomic mass is 9.71. The summed E-state index contributed by atoms with van der Waals surface area (Å²) in [6.45, 7) is 0. The molecule has 0 aromatic rings. The van der Waals surface area contributed by atoms with Gasteiger partial charge in [-0.1, -0.05) is 0 Å². The summed E-state index contributed by atoms with van der Waals surface area (Å²) in [6, 6.07) is 0. The van der Waals surface area contributed by atoms with Crippen molar-refractivity contribution < 1.29 is 4.79 Å². The van der Waals surface area contributed by atoms with Gasteiger partial charge in [-0.05, 0) is 25.7 Å². The monoisotopic (exact) mass is 166 g/mol. The van der Waals surface area contributed by atoms with Crippen LogP contribution in [0.1, 0.15) is 32.1 Å². The zero-order chi connectivity index (χ0) is 8.55. The van der Waals surface area contributed by atoms with Crippen molar-refractivity contribution in [1.82, 2.24) is 0 Å². The van der Waals surface area contributed by atoms with Crippen molar-refractivity contribution in [2.45, 2.75) is 32.1 Å². The molecule has 2 fully saturated rings. The lowest BCUT2D eigenvalue weighted by molar-refractivity contribution is -0.125. The summed E-state index contributed by atoms with van der Waals surface area (Å²) in [5.41, 5.74) is 1.14. The lowest BCUT2D eigenvalue weighted by Gasteiger charge is -2.33. The number of ketones is 1. The van der Waals surface area contributed by atoms with Gasteiger partial charge >= 0.3 is 0 Å². The molecule has 2 unspecified atom stereocenters. The number of hydrogen-bond acceptors (Lipinski definition) is 3. The standard InChI is InChI=1S/C9H14N2O/c10-11-8-3-1-7-5-6(8)2-4-9(7)12/h6-7H,1-5,10H2. The van der Waals surface area contributed by atoms with Crippen molar-refractivity contribution in [2.75, 3.05) is 0 Å². The third-order valence-electron chi connectivity index (χ3n) is 3.15. The van der Waals surface area contributed by atoms with E-state index in [1.807, 2.05) is 0 Å². The Bertz CT molecular complexity index is 235. The van der Waals surface area contributed by atoms with Crippen LogP contribution in [0, 0.1) is 11.8 Å². The van der Waals surface area contributed by atoms with Crippen LogP contribution in [-0.2, 0) is 4.79 Å². The fraction of sp³-hybridized carbons (Fsp3) is 0.778. The number of hydrogen-bond donors (Lipinski definition) is 1. The van der Waals surface area contributed by atoms with Gasteiger partial charge < -0.3 is 5.84 Å². The van der Waals surface area contributed by atoms with Gasteiger partial charge in [0.05, 0.1) is 0 Å². The predicted molar refractivity (Wildman–Crippen MR) is 46.7 cm³/mol. The van der Waals surface area contributed by atoms with Crippen LogP contribution in [0.15, 0.2) is 5.10 Å². The van der Waals surface area contributed by atoms with Crippen molar-refractivity contribution in [2.24, 2.45) is 22.8 Å². The van der Waals surface area contributed by atoms with E-state index in [-0.39, 0.29) is 0 Å². The Morgan fingerprint density at radius 1 is 1.25 bits per heavy atom. The van der Waals surface area contributed by atoms with Gasteiger partial charge in [-0.25, -0.2) is 0 Å². The molecular weight excluding hydrogens is 152 g/mol. The molecule has 2 saturated carbocycles. The number of fused-ring (bicyclic) bond motifs is 2. The Kier molecular flexibility index (Phi) is 1.87. The Morgan fingerprint density at radius 2 is 2.00 bits per heavy atom. The number of carbonyl (C=O) groups is 1. The smallest absolute Gasteiger partial charge is 0.136 e. The molecule has 0 spiro atoms. The van der Waals surface area contributed by atoms with Crippen molar-refractivity contribution in [3.63, 3.8) is 0 Å². The zero-order valence-electron chi connectivity index (χ0n) is 7.12. The molecule has 0 radical (unpaired) electrons. The summed E-state index contributed by atoms with van der Waals surface area (Å²) in [4.78, 5) is 11.3. The van der Waals surface area contributed by atoms with Gasteiger partial charge in [0, 0.05) is 24.0 Å². The van der Waals surface area contributed by atoms with Crippen LogP contribution in [0.2, 0.25) is 0 Å². The fourth-order valence-corrected chi connectivity index (χ4v) is 2.39. The lowest BCUT2D eigenvalue weighted by Crippen LogP contribution is -2.35. The Hall–Kier alpha value is -0.860. The average Bonchev–Trinajstić information content (AvgIpc) is 2.12. The minimum absolute atomic E-state index is 0.328. The molecule has 0 aromatic carbocycles. The molecule has 0 heterocycles. The van der Waals surface area contributed by atoms with E-state index < -0.39 is 0 Å². The van der Waals surface area contributed by atoms with E-state index in [9.17, 15) is 4.79 Å². The maximum absolute atomic E-state index is 11.3. The summed E-state index contributed by atoms with van der Waals surface area (Å²) in [6.07, 6.45) is 4.65. The predicted octanol–water partition coefficient (Wildman–Crippen LogP) is 1.08. The van der Waals surface area contributed by atoms with E-state index >= 15 is 0 Å². The normalized spacial score (nSPS) is 38.7. The first-order valence-corrected chi connectivity index (χ1v) is 4.60. The number of carbonyl (C=O) groups excluding carboxylic acids is 1.